The van der Waals surface area contributed by atoms with Gasteiger partial charge in [-0.2, -0.15) is 0 Å². The maximum Gasteiger partial charge on any atom is 0.241 e. The molecule has 1 aromatic rings. The number of amides is 1. The van der Waals surface area contributed by atoms with E-state index in [1.807, 2.05) is 12.1 Å². The topological polar surface area (TPSA) is 57.3 Å². The lowest BCUT2D eigenvalue weighted by molar-refractivity contribution is -0.117. The van der Waals surface area contributed by atoms with Crippen LogP contribution in [0.4, 0.5) is 11.5 Å². The van der Waals surface area contributed by atoms with Crippen LogP contribution in [0.3, 0.4) is 0 Å². The molecule has 1 amide bonds. The molecule has 21 heavy (non-hydrogen) atoms. The molecular formula is C14H24Cl2N4O. The van der Waals surface area contributed by atoms with E-state index in [1.54, 1.807) is 6.20 Å². The van der Waals surface area contributed by atoms with Crippen molar-refractivity contribution in [2.45, 2.75) is 32.7 Å². The van der Waals surface area contributed by atoms with Gasteiger partial charge < -0.3 is 15.5 Å². The van der Waals surface area contributed by atoms with E-state index in [4.69, 9.17) is 0 Å². The molecule has 0 aromatic carbocycles. The number of carbonyl (C=O) groups is 1. The molecule has 0 aliphatic carbocycles. The van der Waals surface area contributed by atoms with Crippen LogP contribution in [0.2, 0.25) is 0 Å². The van der Waals surface area contributed by atoms with E-state index in [1.165, 1.54) is 0 Å². The normalized spacial score (nSPS) is 16.6. The van der Waals surface area contributed by atoms with E-state index in [9.17, 15) is 4.79 Å². The molecule has 1 aliphatic rings. The third-order valence-corrected chi connectivity index (χ3v) is 3.48. The average Bonchev–Trinajstić information content (AvgIpc) is 2.96. The van der Waals surface area contributed by atoms with Gasteiger partial charge >= 0.3 is 0 Å². The first-order valence-corrected chi connectivity index (χ1v) is 6.99. The average molecular weight is 335 g/mol. The van der Waals surface area contributed by atoms with E-state index >= 15 is 0 Å². The summed E-state index contributed by atoms with van der Waals surface area (Å²) in [5.74, 6) is 0.983. The van der Waals surface area contributed by atoms with Gasteiger partial charge in [-0.1, -0.05) is 0 Å². The molecule has 0 saturated carbocycles. The number of aromatic nitrogens is 1. The van der Waals surface area contributed by atoms with Crippen LogP contribution in [0.5, 0.6) is 0 Å². The number of hydrogen-bond acceptors (Lipinski definition) is 4. The molecule has 1 aliphatic heterocycles. The molecule has 7 heteroatoms. The van der Waals surface area contributed by atoms with E-state index < -0.39 is 0 Å². The Morgan fingerprint density at radius 3 is 2.57 bits per heavy atom. The SMILES string of the molecule is CCN(CC)c1ccc(NC(=O)[C@@H]2CCCN2)cn1.Cl.Cl. The predicted molar refractivity (Wildman–Crippen MR) is 91.9 cm³/mol. The summed E-state index contributed by atoms with van der Waals surface area (Å²) in [6.45, 7) is 7.00. The van der Waals surface area contributed by atoms with Gasteiger partial charge in [0.15, 0.2) is 0 Å². The lowest BCUT2D eigenvalue weighted by Gasteiger charge is -2.19. The molecule has 2 heterocycles. The lowest BCUT2D eigenvalue weighted by Crippen LogP contribution is -2.35. The highest BCUT2D eigenvalue weighted by Crippen LogP contribution is 2.15. The fourth-order valence-electron chi connectivity index (χ4n) is 2.33. The quantitative estimate of drug-likeness (QED) is 0.868. The Balaban J connectivity index is 0.00000200. The lowest BCUT2D eigenvalue weighted by atomic mass is 10.2. The number of anilines is 2. The molecule has 1 atom stereocenters. The van der Waals surface area contributed by atoms with Crippen molar-refractivity contribution in [3.8, 4) is 0 Å². The zero-order valence-corrected chi connectivity index (χ0v) is 14.1. The Morgan fingerprint density at radius 2 is 2.10 bits per heavy atom. The summed E-state index contributed by atoms with van der Waals surface area (Å²) in [5.41, 5.74) is 0.759. The van der Waals surface area contributed by atoms with Gasteiger partial charge in [-0.3, -0.25) is 4.79 Å². The van der Waals surface area contributed by atoms with Crippen molar-refractivity contribution in [2.75, 3.05) is 29.9 Å². The van der Waals surface area contributed by atoms with Gasteiger partial charge in [0.25, 0.3) is 0 Å². The van der Waals surface area contributed by atoms with Crippen LogP contribution in [0.1, 0.15) is 26.7 Å². The molecule has 0 unspecified atom stereocenters. The van der Waals surface area contributed by atoms with Gasteiger partial charge in [0.1, 0.15) is 5.82 Å². The zero-order chi connectivity index (χ0) is 13.7. The highest BCUT2D eigenvalue weighted by Gasteiger charge is 2.21. The highest BCUT2D eigenvalue weighted by atomic mass is 35.5. The second-order valence-corrected chi connectivity index (χ2v) is 4.72. The number of pyridine rings is 1. The summed E-state index contributed by atoms with van der Waals surface area (Å²) < 4.78 is 0. The van der Waals surface area contributed by atoms with Gasteiger partial charge in [0, 0.05) is 13.1 Å². The highest BCUT2D eigenvalue weighted by molar-refractivity contribution is 5.94. The number of halogens is 2. The van der Waals surface area contributed by atoms with Crippen LogP contribution < -0.4 is 15.5 Å². The van der Waals surface area contributed by atoms with Gasteiger partial charge in [0.05, 0.1) is 17.9 Å². The monoisotopic (exact) mass is 334 g/mol. The predicted octanol–water partition coefficient (Wildman–Crippen LogP) is 2.46. The maximum atomic E-state index is 11.9. The van der Waals surface area contributed by atoms with Gasteiger partial charge in [-0.15, -0.1) is 24.8 Å². The molecule has 2 rings (SSSR count). The minimum atomic E-state index is -0.0533. The van der Waals surface area contributed by atoms with Crippen LogP contribution >= 0.6 is 24.8 Å². The largest absolute Gasteiger partial charge is 0.357 e. The smallest absolute Gasteiger partial charge is 0.241 e. The summed E-state index contributed by atoms with van der Waals surface area (Å²) in [4.78, 5) is 18.5. The standard InChI is InChI=1S/C14H22N4O.2ClH/c1-3-18(4-2)13-8-7-11(10-16-13)17-14(19)12-6-5-9-15-12;;/h7-8,10,12,15H,3-6,9H2,1-2H3,(H,17,19);2*1H/t12-;;/m0../s1. The Morgan fingerprint density at radius 1 is 1.38 bits per heavy atom. The minimum absolute atomic E-state index is 0. The second-order valence-electron chi connectivity index (χ2n) is 4.72. The summed E-state index contributed by atoms with van der Waals surface area (Å²) in [7, 11) is 0. The van der Waals surface area contributed by atoms with Crippen molar-refractivity contribution in [1.82, 2.24) is 10.3 Å². The zero-order valence-electron chi connectivity index (χ0n) is 12.5. The van der Waals surface area contributed by atoms with Crippen molar-refractivity contribution < 1.29 is 4.79 Å². The van der Waals surface area contributed by atoms with Crippen molar-refractivity contribution in [1.29, 1.82) is 0 Å². The molecule has 2 N–H and O–H groups in total. The molecule has 0 spiro atoms. The third-order valence-electron chi connectivity index (χ3n) is 3.48. The fourth-order valence-corrected chi connectivity index (χ4v) is 2.33. The number of nitrogens with one attached hydrogen (secondary N) is 2. The number of hydrogen-bond donors (Lipinski definition) is 2. The first-order chi connectivity index (χ1) is 9.24. The Kier molecular flexibility index (Phi) is 9.33. The Hall–Kier alpha value is -1.04. The fraction of sp³-hybridized carbons (Fsp3) is 0.571. The van der Waals surface area contributed by atoms with Crippen LogP contribution in [-0.2, 0) is 4.79 Å². The summed E-state index contributed by atoms with van der Waals surface area (Å²) in [6, 6.07) is 3.81. The minimum Gasteiger partial charge on any atom is -0.357 e. The van der Waals surface area contributed by atoms with Crippen LogP contribution in [0.25, 0.3) is 0 Å². The van der Waals surface area contributed by atoms with E-state index in [0.29, 0.717) is 0 Å². The van der Waals surface area contributed by atoms with Gasteiger partial charge in [-0.25, -0.2) is 4.98 Å². The molecule has 1 aromatic heterocycles. The molecule has 120 valence electrons. The van der Waals surface area contributed by atoms with E-state index in [-0.39, 0.29) is 36.8 Å². The van der Waals surface area contributed by atoms with Crippen molar-refractivity contribution in [3.63, 3.8) is 0 Å². The number of rotatable bonds is 5. The molecule has 1 fully saturated rings. The van der Waals surface area contributed by atoms with Crippen LogP contribution in [0, 0.1) is 0 Å². The van der Waals surface area contributed by atoms with Crippen molar-refractivity contribution in [3.05, 3.63) is 18.3 Å². The first-order valence-electron chi connectivity index (χ1n) is 6.99. The molecular weight excluding hydrogens is 311 g/mol. The van der Waals surface area contributed by atoms with Crippen LogP contribution in [-0.4, -0.2) is 36.6 Å². The van der Waals surface area contributed by atoms with Crippen LogP contribution in [0.15, 0.2) is 18.3 Å². The van der Waals surface area contributed by atoms with Crippen molar-refractivity contribution in [2.24, 2.45) is 0 Å². The van der Waals surface area contributed by atoms with E-state index in [2.05, 4.69) is 34.4 Å². The Labute approximate surface area is 138 Å². The summed E-state index contributed by atoms with van der Waals surface area (Å²) in [5, 5.41) is 6.09. The third kappa shape index (κ3) is 5.34. The molecule has 5 nitrogen and oxygen atoms in total. The van der Waals surface area contributed by atoms with Gasteiger partial charge in [0.2, 0.25) is 5.91 Å². The molecule has 1 saturated heterocycles. The Bertz CT molecular complexity index is 417. The number of carbonyl (C=O) groups excluding carboxylic acids is 1. The number of nitrogens with zero attached hydrogens (tertiary/aromatic N) is 2. The summed E-state index contributed by atoms with van der Waals surface area (Å²) in [6.07, 6.45) is 3.70. The summed E-state index contributed by atoms with van der Waals surface area (Å²) >= 11 is 0. The van der Waals surface area contributed by atoms with Gasteiger partial charge in [-0.05, 0) is 45.4 Å². The molecule has 0 radical (unpaired) electrons. The second kappa shape index (κ2) is 9.82. The maximum absolute atomic E-state index is 11.9. The van der Waals surface area contributed by atoms with E-state index in [0.717, 1.165) is 44.0 Å². The first kappa shape index (κ1) is 20.0. The molecule has 0 bridgehead atoms. The van der Waals surface area contributed by atoms with Crippen molar-refractivity contribution >= 4 is 42.2 Å².